The van der Waals surface area contributed by atoms with Crippen LogP contribution in [0.25, 0.3) is 0 Å². The quantitative estimate of drug-likeness (QED) is 0.230. The van der Waals surface area contributed by atoms with Crippen LogP contribution in [0, 0.1) is 5.92 Å². The third-order valence-corrected chi connectivity index (χ3v) is 5.12. The Morgan fingerprint density at radius 2 is 1.21 bits per heavy atom. The van der Waals surface area contributed by atoms with Crippen LogP contribution in [-0.4, -0.2) is 43.8 Å². The van der Waals surface area contributed by atoms with E-state index in [9.17, 15) is 4.79 Å². The molecule has 1 amide bonds. The molecule has 0 aliphatic heterocycles. The first kappa shape index (κ1) is 27.2. The Labute approximate surface area is 176 Å². The minimum atomic E-state index is -0.271. The number of carbonyl (C=O) groups is 1. The van der Waals surface area contributed by atoms with E-state index in [1.54, 1.807) is 0 Å². The lowest BCUT2D eigenvalue weighted by Gasteiger charge is -2.22. The summed E-state index contributed by atoms with van der Waals surface area (Å²) in [4.78, 5) is 14.3. The molecule has 0 aromatic rings. The van der Waals surface area contributed by atoms with Gasteiger partial charge in [0, 0.05) is 6.54 Å². The average Bonchev–Trinajstić information content (AvgIpc) is 2.68. The third kappa shape index (κ3) is 20.0. The molecule has 1 N–H and O–H groups in total. The zero-order chi connectivity index (χ0) is 20.9. The van der Waals surface area contributed by atoms with Crippen LogP contribution in [0.1, 0.15) is 111 Å². The van der Waals surface area contributed by atoms with Crippen molar-refractivity contribution in [2.75, 3.05) is 32.8 Å². The van der Waals surface area contributed by atoms with Crippen molar-refractivity contribution in [3.63, 3.8) is 0 Å². The van der Waals surface area contributed by atoms with Gasteiger partial charge in [0.2, 0.25) is 0 Å². The second-order valence-electron chi connectivity index (χ2n) is 8.65. The van der Waals surface area contributed by atoms with Gasteiger partial charge >= 0.3 is 6.09 Å². The molecule has 0 aromatic heterocycles. The van der Waals surface area contributed by atoms with E-state index in [-0.39, 0.29) is 6.09 Å². The average molecular weight is 399 g/mol. The van der Waals surface area contributed by atoms with E-state index in [0.717, 1.165) is 13.0 Å². The van der Waals surface area contributed by atoms with Gasteiger partial charge in [-0.2, -0.15) is 0 Å². The fraction of sp³-hybridized carbons (Fsp3) is 0.958. The molecule has 4 heteroatoms. The van der Waals surface area contributed by atoms with Crippen LogP contribution in [-0.2, 0) is 4.74 Å². The third-order valence-electron chi connectivity index (χ3n) is 5.12. The molecule has 0 aliphatic carbocycles. The first-order valence-electron chi connectivity index (χ1n) is 12.2. The minimum absolute atomic E-state index is 0.271. The Hall–Kier alpha value is -0.770. The van der Waals surface area contributed by atoms with Gasteiger partial charge in [0.25, 0.3) is 0 Å². The van der Waals surface area contributed by atoms with Crippen molar-refractivity contribution < 1.29 is 9.53 Å². The summed E-state index contributed by atoms with van der Waals surface area (Å²) in [5.41, 5.74) is 0. The highest BCUT2D eigenvalue weighted by Gasteiger charge is 2.07. The maximum Gasteiger partial charge on any atom is 0.407 e. The minimum Gasteiger partial charge on any atom is -0.449 e. The lowest BCUT2D eigenvalue weighted by Crippen LogP contribution is -2.32. The second kappa shape index (κ2) is 21.0. The maximum atomic E-state index is 11.6. The van der Waals surface area contributed by atoms with E-state index in [1.165, 1.54) is 90.1 Å². The van der Waals surface area contributed by atoms with Crippen LogP contribution in [0.5, 0.6) is 0 Å². The fourth-order valence-corrected chi connectivity index (χ4v) is 3.35. The summed E-state index contributed by atoms with van der Waals surface area (Å²) in [5, 5.41) is 2.89. The number of unbranched alkanes of at least 4 members (excludes halogenated alkanes) is 10. The van der Waals surface area contributed by atoms with Crippen LogP contribution in [0.15, 0.2) is 0 Å². The molecule has 0 aliphatic rings. The Bertz CT molecular complexity index is 319. The highest BCUT2D eigenvalue weighted by atomic mass is 16.5. The molecule has 0 spiro atoms. The fourth-order valence-electron chi connectivity index (χ4n) is 3.35. The van der Waals surface area contributed by atoms with Gasteiger partial charge in [-0.25, -0.2) is 4.79 Å². The van der Waals surface area contributed by atoms with Crippen molar-refractivity contribution in [3.8, 4) is 0 Å². The molecule has 0 aromatic carbocycles. The topological polar surface area (TPSA) is 41.6 Å². The van der Waals surface area contributed by atoms with E-state index >= 15 is 0 Å². The molecule has 0 atom stereocenters. The van der Waals surface area contributed by atoms with E-state index < -0.39 is 0 Å². The lowest BCUT2D eigenvalue weighted by molar-refractivity contribution is 0.132. The summed E-state index contributed by atoms with van der Waals surface area (Å²) in [6, 6.07) is 0. The zero-order valence-corrected chi connectivity index (χ0v) is 19.6. The zero-order valence-electron chi connectivity index (χ0n) is 19.6. The molecule has 0 saturated heterocycles. The molecule has 168 valence electrons. The highest BCUT2D eigenvalue weighted by Crippen LogP contribution is 2.09. The van der Waals surface area contributed by atoms with Gasteiger partial charge in [0.05, 0.1) is 6.61 Å². The molecule has 0 bridgehead atoms. The second-order valence-corrected chi connectivity index (χ2v) is 8.65. The van der Waals surface area contributed by atoms with Crippen molar-refractivity contribution in [1.29, 1.82) is 0 Å². The Balaban J connectivity index is 3.94. The number of rotatable bonds is 20. The van der Waals surface area contributed by atoms with Crippen LogP contribution < -0.4 is 5.32 Å². The first-order chi connectivity index (χ1) is 13.6. The number of ether oxygens (including phenoxy) is 1. The molecule has 28 heavy (non-hydrogen) atoms. The van der Waals surface area contributed by atoms with Gasteiger partial charge in [-0.05, 0) is 44.8 Å². The predicted molar refractivity (Wildman–Crippen MR) is 122 cm³/mol. The number of hydrogen-bond acceptors (Lipinski definition) is 3. The first-order valence-corrected chi connectivity index (χ1v) is 12.2. The van der Waals surface area contributed by atoms with Crippen molar-refractivity contribution in [2.45, 2.75) is 111 Å². The summed E-state index contributed by atoms with van der Waals surface area (Å²) in [7, 11) is 0. The molecule has 0 saturated carbocycles. The summed E-state index contributed by atoms with van der Waals surface area (Å²) >= 11 is 0. The van der Waals surface area contributed by atoms with Gasteiger partial charge in [-0.3, -0.25) is 0 Å². The van der Waals surface area contributed by atoms with E-state index in [4.69, 9.17) is 4.74 Å². The number of amides is 1. The van der Waals surface area contributed by atoms with Crippen molar-refractivity contribution in [3.05, 3.63) is 0 Å². The van der Waals surface area contributed by atoms with Crippen LogP contribution in [0.3, 0.4) is 0 Å². The Kier molecular flexibility index (Phi) is 20.4. The summed E-state index contributed by atoms with van der Waals surface area (Å²) in [6.07, 6.45) is 17.0. The number of nitrogens with zero attached hydrogens (tertiary/aromatic N) is 1. The summed E-state index contributed by atoms with van der Waals surface area (Å²) in [5.74, 6) is 0.385. The number of alkyl carbamates (subject to hydrolysis) is 1. The highest BCUT2D eigenvalue weighted by molar-refractivity contribution is 5.66. The molecule has 0 heterocycles. The van der Waals surface area contributed by atoms with Crippen molar-refractivity contribution in [2.24, 2.45) is 5.92 Å². The molecule has 0 radical (unpaired) electrons. The predicted octanol–water partition coefficient (Wildman–Crippen LogP) is 6.78. The Morgan fingerprint density at radius 1 is 0.750 bits per heavy atom. The summed E-state index contributed by atoms with van der Waals surface area (Å²) in [6.45, 7) is 13.3. The van der Waals surface area contributed by atoms with Crippen LogP contribution in [0.2, 0.25) is 0 Å². The molecule has 0 unspecified atom stereocenters. The molecular weight excluding hydrogens is 348 g/mol. The van der Waals surface area contributed by atoms with Gasteiger partial charge in [-0.1, -0.05) is 91.9 Å². The maximum absolute atomic E-state index is 11.6. The van der Waals surface area contributed by atoms with E-state index in [2.05, 4.69) is 37.9 Å². The standard InChI is InChI=1S/C24H50N2O2/c1-5-7-9-11-13-15-19-26(20-16-14-12-10-8-6-2)21-17-18-25-24(27)28-22-23(3)4/h23H,5-22H2,1-4H3,(H,25,27). The molecule has 0 fully saturated rings. The van der Waals surface area contributed by atoms with Crippen LogP contribution in [0.4, 0.5) is 4.79 Å². The van der Waals surface area contributed by atoms with Crippen molar-refractivity contribution >= 4 is 6.09 Å². The Morgan fingerprint density at radius 3 is 1.71 bits per heavy atom. The SMILES string of the molecule is CCCCCCCCN(CCCCCCCC)CCCNC(=O)OCC(C)C. The normalized spacial score (nSPS) is 11.4. The largest absolute Gasteiger partial charge is 0.449 e. The lowest BCUT2D eigenvalue weighted by atomic mass is 10.1. The smallest absolute Gasteiger partial charge is 0.407 e. The van der Waals surface area contributed by atoms with E-state index in [0.29, 0.717) is 19.1 Å². The van der Waals surface area contributed by atoms with Crippen LogP contribution >= 0.6 is 0 Å². The molecule has 4 nitrogen and oxygen atoms in total. The van der Waals surface area contributed by atoms with Gasteiger partial charge < -0.3 is 15.0 Å². The van der Waals surface area contributed by atoms with Gasteiger partial charge in [0.1, 0.15) is 0 Å². The van der Waals surface area contributed by atoms with E-state index in [1.807, 2.05) is 0 Å². The summed E-state index contributed by atoms with van der Waals surface area (Å²) < 4.78 is 5.17. The van der Waals surface area contributed by atoms with Gasteiger partial charge in [-0.15, -0.1) is 0 Å². The molecule has 0 rings (SSSR count). The van der Waals surface area contributed by atoms with Gasteiger partial charge in [0.15, 0.2) is 0 Å². The monoisotopic (exact) mass is 398 g/mol. The number of nitrogens with one attached hydrogen (secondary N) is 1. The van der Waals surface area contributed by atoms with Crippen molar-refractivity contribution in [1.82, 2.24) is 10.2 Å². The molecular formula is C24H50N2O2. The number of carbonyl (C=O) groups excluding carboxylic acids is 1. The number of hydrogen-bond donors (Lipinski definition) is 1.